The molecule has 0 aromatic heterocycles. The molecule has 2 heterocycles. The summed E-state index contributed by atoms with van der Waals surface area (Å²) >= 11 is 0. The lowest BCUT2D eigenvalue weighted by Gasteiger charge is -2.57. The Labute approximate surface area is 301 Å². The first-order chi connectivity index (χ1) is 24.5. The third kappa shape index (κ3) is 7.45. The zero-order valence-electron chi connectivity index (χ0n) is 30.1. The van der Waals surface area contributed by atoms with Crippen molar-refractivity contribution in [3.63, 3.8) is 0 Å². The van der Waals surface area contributed by atoms with E-state index in [1.54, 1.807) is 13.0 Å². The predicted octanol–water partition coefficient (Wildman–Crippen LogP) is 7.27. The zero-order valence-corrected chi connectivity index (χ0v) is 30.1. The van der Waals surface area contributed by atoms with Gasteiger partial charge in [0.25, 0.3) is 5.69 Å². The summed E-state index contributed by atoms with van der Waals surface area (Å²) in [5.74, 6) is -3.25. The highest BCUT2D eigenvalue weighted by Crippen LogP contribution is 2.58. The van der Waals surface area contributed by atoms with E-state index >= 15 is 0 Å². The van der Waals surface area contributed by atoms with Crippen LogP contribution in [0.1, 0.15) is 88.3 Å². The molecule has 3 aromatic carbocycles. The average molecular weight is 700 g/mol. The van der Waals surface area contributed by atoms with Gasteiger partial charge in [-0.05, 0) is 81.6 Å². The number of nitrogens with zero attached hydrogens (tertiary/aromatic N) is 2. The number of hydrogen-bond donors (Lipinski definition) is 3. The van der Waals surface area contributed by atoms with Crippen LogP contribution in [0.2, 0.25) is 0 Å². The molecule has 0 aliphatic carbocycles. The first-order valence-corrected chi connectivity index (χ1v) is 18.4. The number of aliphatic carboxylic acids is 2. The van der Waals surface area contributed by atoms with Gasteiger partial charge >= 0.3 is 11.9 Å². The molecule has 2 fully saturated rings. The zero-order chi connectivity index (χ0) is 36.6. The standard InChI is InChI=1S/C41H53N3O7/c1-4-34-39(3,37(45)46)36(30-15-12-20-33(29-30)44(49)50)41(38(47)48,35(5-2)42-34)21-13-27-51-28-14-24-43-25-22-40(23-26-43,31-16-8-6-9-17-31)32-18-10-7-11-19-32/h6-12,15-20,29,34-36,42H,4-5,13-14,21-28H2,1-3H3,(H,45,46)(H,47,48). The van der Waals surface area contributed by atoms with Crippen molar-refractivity contribution in [1.82, 2.24) is 10.2 Å². The molecule has 274 valence electrons. The lowest BCUT2D eigenvalue weighted by atomic mass is 9.50. The molecule has 2 aliphatic heterocycles. The van der Waals surface area contributed by atoms with Crippen LogP contribution in [0.4, 0.5) is 5.69 Å². The molecular weight excluding hydrogens is 646 g/mol. The largest absolute Gasteiger partial charge is 0.481 e. The highest BCUT2D eigenvalue weighted by molar-refractivity contribution is 5.84. The van der Waals surface area contributed by atoms with Crippen molar-refractivity contribution < 1.29 is 29.5 Å². The molecular formula is C41H53N3O7. The highest BCUT2D eigenvalue weighted by Gasteiger charge is 2.66. The Bertz CT molecular complexity index is 1590. The van der Waals surface area contributed by atoms with Gasteiger partial charge in [0.05, 0.1) is 15.8 Å². The summed E-state index contributed by atoms with van der Waals surface area (Å²) in [6.07, 6.45) is 4.39. The Morgan fingerprint density at radius 3 is 1.98 bits per heavy atom. The minimum Gasteiger partial charge on any atom is -0.481 e. The molecule has 2 saturated heterocycles. The Balaban J connectivity index is 1.23. The van der Waals surface area contributed by atoms with E-state index in [-0.39, 0.29) is 17.5 Å². The summed E-state index contributed by atoms with van der Waals surface area (Å²) in [5, 5.41) is 36.9. The maximum Gasteiger partial charge on any atom is 0.311 e. The maximum absolute atomic E-state index is 13.5. The molecule has 10 heteroatoms. The number of nitro groups is 1. The second-order valence-electron chi connectivity index (χ2n) is 14.5. The number of carboxylic acid groups (broad SMARTS) is 2. The number of hydrogen-bond acceptors (Lipinski definition) is 7. The molecule has 0 bridgehead atoms. The second kappa shape index (κ2) is 16.5. The molecule has 0 amide bonds. The van der Waals surface area contributed by atoms with Gasteiger partial charge in [-0.3, -0.25) is 19.7 Å². The molecule has 2 aliphatic rings. The van der Waals surface area contributed by atoms with Crippen LogP contribution in [0.25, 0.3) is 0 Å². The van der Waals surface area contributed by atoms with Gasteiger partial charge in [-0.15, -0.1) is 0 Å². The lowest BCUT2D eigenvalue weighted by Crippen LogP contribution is -2.70. The number of rotatable bonds is 16. The summed E-state index contributed by atoms with van der Waals surface area (Å²) in [4.78, 5) is 40.3. The fraction of sp³-hybridized carbons (Fsp3) is 0.512. The fourth-order valence-electron chi connectivity index (χ4n) is 9.33. The number of non-ortho nitro benzene ring substituents is 1. The van der Waals surface area contributed by atoms with Crippen molar-refractivity contribution in [2.75, 3.05) is 32.8 Å². The molecule has 0 spiro atoms. The molecule has 3 aromatic rings. The Kier molecular flexibility index (Phi) is 12.3. The smallest absolute Gasteiger partial charge is 0.311 e. The van der Waals surface area contributed by atoms with Crippen LogP contribution >= 0.6 is 0 Å². The first kappa shape index (κ1) is 38.1. The van der Waals surface area contributed by atoms with Crippen LogP contribution < -0.4 is 5.32 Å². The van der Waals surface area contributed by atoms with E-state index < -0.39 is 45.7 Å². The van der Waals surface area contributed by atoms with Gasteiger partial charge < -0.3 is 25.2 Å². The third-order valence-corrected chi connectivity index (χ3v) is 12.0. The SMILES string of the molecule is CCC1NC(CC)C(CCCOCCCN2CCC(c3ccccc3)(c3ccccc3)CC2)(C(=O)O)C(c2cccc([N+](=O)[O-])c2)C1(C)C(=O)O. The fourth-order valence-corrected chi connectivity index (χ4v) is 9.33. The van der Waals surface area contributed by atoms with Gasteiger partial charge in [0.15, 0.2) is 0 Å². The summed E-state index contributed by atoms with van der Waals surface area (Å²) < 4.78 is 6.08. The minimum absolute atomic E-state index is 0.00364. The normalized spacial score (nSPS) is 26.4. The van der Waals surface area contributed by atoms with E-state index in [1.165, 1.54) is 29.3 Å². The van der Waals surface area contributed by atoms with Crippen LogP contribution in [0.3, 0.4) is 0 Å². The van der Waals surface area contributed by atoms with E-state index in [1.807, 2.05) is 13.8 Å². The van der Waals surface area contributed by atoms with E-state index in [2.05, 4.69) is 70.9 Å². The van der Waals surface area contributed by atoms with Gasteiger partial charge in [0.1, 0.15) is 0 Å². The quantitative estimate of drug-likeness (QED) is 0.0799. The van der Waals surface area contributed by atoms with Gasteiger partial charge in [0, 0.05) is 55.3 Å². The van der Waals surface area contributed by atoms with Gasteiger partial charge in [-0.25, -0.2) is 0 Å². The summed E-state index contributed by atoms with van der Waals surface area (Å²) in [7, 11) is 0. The van der Waals surface area contributed by atoms with Crippen LogP contribution in [0.5, 0.6) is 0 Å². The van der Waals surface area contributed by atoms with Crippen molar-refractivity contribution in [3.8, 4) is 0 Å². The topological polar surface area (TPSA) is 142 Å². The number of carbonyl (C=O) groups is 2. The predicted molar refractivity (Wildman–Crippen MR) is 197 cm³/mol. The van der Waals surface area contributed by atoms with Crippen molar-refractivity contribution in [2.24, 2.45) is 10.8 Å². The highest BCUT2D eigenvalue weighted by atomic mass is 16.6. The van der Waals surface area contributed by atoms with Gasteiger partial charge in [0.2, 0.25) is 0 Å². The molecule has 0 saturated carbocycles. The van der Waals surface area contributed by atoms with E-state index in [4.69, 9.17) is 4.74 Å². The number of carboxylic acids is 2. The van der Waals surface area contributed by atoms with Crippen LogP contribution in [-0.4, -0.2) is 76.9 Å². The van der Waals surface area contributed by atoms with Gasteiger partial charge in [-0.2, -0.15) is 0 Å². The van der Waals surface area contributed by atoms with Gasteiger partial charge in [-0.1, -0.05) is 86.6 Å². The van der Waals surface area contributed by atoms with Crippen molar-refractivity contribution in [2.45, 2.75) is 89.1 Å². The minimum atomic E-state index is -1.54. The van der Waals surface area contributed by atoms with Crippen molar-refractivity contribution in [3.05, 3.63) is 112 Å². The number of likely N-dealkylation sites (tertiary alicyclic amines) is 1. The van der Waals surface area contributed by atoms with E-state index in [0.717, 1.165) is 38.9 Å². The van der Waals surface area contributed by atoms with E-state index in [0.29, 0.717) is 38.0 Å². The Hall–Kier alpha value is -4.12. The molecule has 5 atom stereocenters. The molecule has 51 heavy (non-hydrogen) atoms. The van der Waals surface area contributed by atoms with Crippen molar-refractivity contribution in [1.29, 1.82) is 0 Å². The monoisotopic (exact) mass is 699 g/mol. The average Bonchev–Trinajstić information content (AvgIpc) is 3.15. The Morgan fingerprint density at radius 1 is 0.863 bits per heavy atom. The van der Waals surface area contributed by atoms with Crippen LogP contribution in [0, 0.1) is 20.9 Å². The summed E-state index contributed by atoms with van der Waals surface area (Å²) in [6, 6.07) is 26.4. The number of nitrogens with one attached hydrogen (secondary N) is 1. The maximum atomic E-state index is 13.5. The number of benzene rings is 3. The number of nitro benzene ring substituents is 1. The molecule has 3 N–H and O–H groups in total. The summed E-state index contributed by atoms with van der Waals surface area (Å²) in [5.41, 5.74) is -0.192. The first-order valence-electron chi connectivity index (χ1n) is 18.4. The van der Waals surface area contributed by atoms with Crippen LogP contribution in [-0.2, 0) is 19.7 Å². The Morgan fingerprint density at radius 2 is 1.45 bits per heavy atom. The van der Waals surface area contributed by atoms with Crippen molar-refractivity contribution >= 4 is 17.6 Å². The second-order valence-corrected chi connectivity index (χ2v) is 14.5. The molecule has 5 unspecified atom stereocenters. The lowest BCUT2D eigenvalue weighted by molar-refractivity contribution is -0.385. The van der Waals surface area contributed by atoms with E-state index in [9.17, 15) is 29.9 Å². The molecule has 0 radical (unpaired) electrons. The summed E-state index contributed by atoms with van der Waals surface area (Å²) in [6.45, 7) is 9.11. The van der Waals surface area contributed by atoms with Crippen LogP contribution in [0.15, 0.2) is 84.9 Å². The number of ether oxygens (including phenoxy) is 1. The third-order valence-electron chi connectivity index (χ3n) is 12.0. The molecule has 5 rings (SSSR count). The molecule has 10 nitrogen and oxygen atoms in total. The number of piperidine rings is 2.